The van der Waals surface area contributed by atoms with E-state index in [1.165, 1.54) is 45.6 Å². The topological polar surface area (TPSA) is 78.9 Å². The molecule has 0 saturated carbocycles. The van der Waals surface area contributed by atoms with Crippen molar-refractivity contribution in [3.63, 3.8) is 0 Å². The summed E-state index contributed by atoms with van der Waals surface area (Å²) in [6.07, 6.45) is 2.66. The summed E-state index contributed by atoms with van der Waals surface area (Å²) >= 11 is 0. The van der Waals surface area contributed by atoms with Crippen molar-refractivity contribution in [2.24, 2.45) is 0 Å². The number of methoxy groups -OCH3 is 3. The first-order valence-corrected chi connectivity index (χ1v) is 5.60. The van der Waals surface area contributed by atoms with Crippen molar-refractivity contribution in [1.82, 2.24) is 0 Å². The number of hydrogen-bond acceptors (Lipinski definition) is 6. The average molecular weight is 278 g/mol. The van der Waals surface area contributed by atoms with Crippen LogP contribution in [-0.4, -0.2) is 39.2 Å². The van der Waals surface area contributed by atoms with Crippen molar-refractivity contribution >= 4 is 24.0 Å². The molecule has 0 saturated heterocycles. The maximum absolute atomic E-state index is 11.7. The monoisotopic (exact) mass is 278 g/mol. The maximum atomic E-state index is 11.7. The summed E-state index contributed by atoms with van der Waals surface area (Å²) in [4.78, 5) is 34.2. The molecule has 1 aromatic carbocycles. The highest BCUT2D eigenvalue weighted by atomic mass is 16.5. The molecule has 0 radical (unpaired) electrons. The van der Waals surface area contributed by atoms with Gasteiger partial charge in [-0.15, -0.1) is 0 Å². The molecule has 6 nitrogen and oxygen atoms in total. The Kier molecular flexibility index (Phi) is 5.46. The van der Waals surface area contributed by atoms with Crippen molar-refractivity contribution in [3.05, 3.63) is 41.0 Å². The Morgan fingerprint density at radius 3 is 2.05 bits per heavy atom. The minimum Gasteiger partial charge on any atom is -0.466 e. The van der Waals surface area contributed by atoms with Crippen molar-refractivity contribution < 1.29 is 28.6 Å². The third kappa shape index (κ3) is 3.68. The van der Waals surface area contributed by atoms with E-state index in [1.54, 1.807) is 6.07 Å². The standard InChI is InChI=1S/C14H14O6/c1-18-12(15)7-5-9-4-6-10(13(16)19-2)11(8-9)14(17)20-3/h4-8H,1-3H3/b7-5+. The Labute approximate surface area is 115 Å². The molecule has 0 aromatic heterocycles. The van der Waals surface area contributed by atoms with E-state index in [2.05, 4.69) is 14.2 Å². The lowest BCUT2D eigenvalue weighted by molar-refractivity contribution is -0.134. The third-order valence-corrected chi connectivity index (χ3v) is 2.47. The fourth-order valence-corrected chi connectivity index (χ4v) is 1.46. The zero-order valence-corrected chi connectivity index (χ0v) is 11.3. The summed E-state index contributed by atoms with van der Waals surface area (Å²) in [6.45, 7) is 0. The van der Waals surface area contributed by atoms with Crippen LogP contribution in [0.3, 0.4) is 0 Å². The summed E-state index contributed by atoms with van der Waals surface area (Å²) in [5.74, 6) is -1.84. The first-order chi connectivity index (χ1) is 9.53. The molecule has 0 spiro atoms. The van der Waals surface area contributed by atoms with E-state index in [0.29, 0.717) is 5.56 Å². The number of rotatable bonds is 4. The van der Waals surface area contributed by atoms with Crippen LogP contribution in [-0.2, 0) is 19.0 Å². The van der Waals surface area contributed by atoms with Gasteiger partial charge in [-0.25, -0.2) is 14.4 Å². The second-order valence-corrected chi connectivity index (χ2v) is 3.64. The molecule has 106 valence electrons. The van der Waals surface area contributed by atoms with Gasteiger partial charge in [0, 0.05) is 6.08 Å². The molecule has 0 atom stereocenters. The second-order valence-electron chi connectivity index (χ2n) is 3.64. The smallest absolute Gasteiger partial charge is 0.338 e. The molecule has 0 fully saturated rings. The highest BCUT2D eigenvalue weighted by molar-refractivity contribution is 6.03. The predicted octanol–water partition coefficient (Wildman–Crippen LogP) is 1.45. The number of benzene rings is 1. The largest absolute Gasteiger partial charge is 0.466 e. The molecule has 0 N–H and O–H groups in total. The van der Waals surface area contributed by atoms with Gasteiger partial charge < -0.3 is 14.2 Å². The molecule has 0 unspecified atom stereocenters. The van der Waals surface area contributed by atoms with Crippen LogP contribution < -0.4 is 0 Å². The molecule has 1 rings (SSSR count). The van der Waals surface area contributed by atoms with E-state index in [1.807, 2.05) is 0 Å². The molecular weight excluding hydrogens is 264 g/mol. The van der Waals surface area contributed by atoms with Gasteiger partial charge in [0.05, 0.1) is 32.5 Å². The van der Waals surface area contributed by atoms with Crippen LogP contribution in [0.4, 0.5) is 0 Å². The molecule has 0 aliphatic carbocycles. The Balaban J connectivity index is 3.20. The minimum absolute atomic E-state index is 0.0614. The molecule has 0 aliphatic rings. The van der Waals surface area contributed by atoms with E-state index < -0.39 is 17.9 Å². The lowest BCUT2D eigenvalue weighted by Crippen LogP contribution is -2.11. The third-order valence-electron chi connectivity index (χ3n) is 2.47. The van der Waals surface area contributed by atoms with E-state index in [4.69, 9.17) is 0 Å². The molecule has 0 bridgehead atoms. The molecular formula is C14H14O6. The Morgan fingerprint density at radius 2 is 1.50 bits per heavy atom. The van der Waals surface area contributed by atoms with Crippen LogP contribution in [0.25, 0.3) is 6.08 Å². The minimum atomic E-state index is -0.668. The fraction of sp³-hybridized carbons (Fsp3) is 0.214. The lowest BCUT2D eigenvalue weighted by atomic mass is 10.0. The van der Waals surface area contributed by atoms with Crippen LogP contribution in [0, 0.1) is 0 Å². The van der Waals surface area contributed by atoms with Crippen LogP contribution in [0.2, 0.25) is 0 Å². The first kappa shape index (κ1) is 15.4. The fourth-order valence-electron chi connectivity index (χ4n) is 1.46. The zero-order chi connectivity index (χ0) is 15.1. The van der Waals surface area contributed by atoms with Crippen LogP contribution in [0.1, 0.15) is 26.3 Å². The summed E-state index contributed by atoms with van der Waals surface area (Å²) < 4.78 is 13.7. The summed E-state index contributed by atoms with van der Waals surface area (Å²) in [6, 6.07) is 4.42. The molecule has 0 aliphatic heterocycles. The van der Waals surface area contributed by atoms with Crippen molar-refractivity contribution in [2.45, 2.75) is 0 Å². The van der Waals surface area contributed by atoms with E-state index in [-0.39, 0.29) is 11.1 Å². The highest BCUT2D eigenvalue weighted by Crippen LogP contribution is 2.16. The van der Waals surface area contributed by atoms with Crippen LogP contribution >= 0.6 is 0 Å². The molecule has 0 heterocycles. The van der Waals surface area contributed by atoms with Gasteiger partial charge in [0.1, 0.15) is 0 Å². The van der Waals surface area contributed by atoms with Crippen molar-refractivity contribution in [3.8, 4) is 0 Å². The first-order valence-electron chi connectivity index (χ1n) is 5.60. The van der Waals surface area contributed by atoms with Gasteiger partial charge in [-0.3, -0.25) is 0 Å². The summed E-state index contributed by atoms with van der Waals surface area (Å²) in [7, 11) is 3.68. The number of ether oxygens (including phenoxy) is 3. The lowest BCUT2D eigenvalue weighted by Gasteiger charge is -2.07. The quantitative estimate of drug-likeness (QED) is 0.471. The Hall–Kier alpha value is -2.63. The summed E-state index contributed by atoms with van der Waals surface area (Å²) in [5, 5.41) is 0. The van der Waals surface area contributed by atoms with Crippen molar-refractivity contribution in [1.29, 1.82) is 0 Å². The summed E-state index contributed by atoms with van der Waals surface area (Å²) in [5.41, 5.74) is 0.699. The zero-order valence-electron chi connectivity index (χ0n) is 11.3. The van der Waals surface area contributed by atoms with E-state index in [0.717, 1.165) is 0 Å². The van der Waals surface area contributed by atoms with Crippen LogP contribution in [0.15, 0.2) is 24.3 Å². The SMILES string of the molecule is COC(=O)/C=C/c1ccc(C(=O)OC)c(C(=O)OC)c1. The molecule has 1 aromatic rings. The van der Waals surface area contributed by atoms with Gasteiger partial charge in [0.2, 0.25) is 0 Å². The highest BCUT2D eigenvalue weighted by Gasteiger charge is 2.18. The predicted molar refractivity (Wildman–Crippen MR) is 70.2 cm³/mol. The van der Waals surface area contributed by atoms with Gasteiger partial charge >= 0.3 is 17.9 Å². The molecule has 0 amide bonds. The molecule has 6 heteroatoms. The maximum Gasteiger partial charge on any atom is 0.338 e. The van der Waals surface area contributed by atoms with Gasteiger partial charge in [-0.2, -0.15) is 0 Å². The average Bonchev–Trinajstić information content (AvgIpc) is 2.50. The van der Waals surface area contributed by atoms with Crippen LogP contribution in [0.5, 0.6) is 0 Å². The van der Waals surface area contributed by atoms with Gasteiger partial charge in [-0.05, 0) is 23.8 Å². The van der Waals surface area contributed by atoms with Gasteiger partial charge in [0.15, 0.2) is 0 Å². The Bertz CT molecular complexity index is 559. The normalized spacial score (nSPS) is 10.2. The Morgan fingerprint density at radius 1 is 0.900 bits per heavy atom. The van der Waals surface area contributed by atoms with Crippen molar-refractivity contribution in [2.75, 3.05) is 21.3 Å². The number of carbonyl (C=O) groups is 3. The van der Waals surface area contributed by atoms with E-state index >= 15 is 0 Å². The number of carbonyl (C=O) groups excluding carboxylic acids is 3. The molecule has 20 heavy (non-hydrogen) atoms. The second kappa shape index (κ2) is 7.08. The number of esters is 3. The number of hydrogen-bond donors (Lipinski definition) is 0. The van der Waals surface area contributed by atoms with E-state index in [9.17, 15) is 14.4 Å². The van der Waals surface area contributed by atoms with Gasteiger partial charge in [-0.1, -0.05) is 6.07 Å². The van der Waals surface area contributed by atoms with Gasteiger partial charge in [0.25, 0.3) is 0 Å².